The van der Waals surface area contributed by atoms with Crippen LogP contribution in [0.4, 0.5) is 0 Å². The molecule has 0 aromatic rings. The van der Waals surface area contributed by atoms with Crippen molar-refractivity contribution in [2.45, 2.75) is 39.2 Å². The summed E-state index contributed by atoms with van der Waals surface area (Å²) in [6, 6.07) is 0. The van der Waals surface area contributed by atoms with Crippen LogP contribution in [0.15, 0.2) is 0 Å². The Kier molecular flexibility index (Phi) is 2.52. The summed E-state index contributed by atoms with van der Waals surface area (Å²) < 4.78 is 10.7. The van der Waals surface area contributed by atoms with Gasteiger partial charge in [-0.2, -0.15) is 0 Å². The summed E-state index contributed by atoms with van der Waals surface area (Å²) in [6.45, 7) is 5.27. The maximum absolute atomic E-state index is 11.6. The minimum atomic E-state index is -0.0544. The first-order chi connectivity index (χ1) is 6.76. The zero-order chi connectivity index (χ0) is 10.2. The van der Waals surface area contributed by atoms with Gasteiger partial charge in [0.1, 0.15) is 0 Å². The summed E-state index contributed by atoms with van der Waals surface area (Å²) in [7, 11) is 0. The van der Waals surface area contributed by atoms with Crippen LogP contribution in [0.1, 0.15) is 33.1 Å². The summed E-state index contributed by atoms with van der Waals surface area (Å²) in [4.78, 5) is 11.6. The Morgan fingerprint density at radius 2 is 2.36 bits per heavy atom. The highest BCUT2D eigenvalue weighted by Crippen LogP contribution is 2.62. The van der Waals surface area contributed by atoms with Gasteiger partial charge in [0.2, 0.25) is 0 Å². The highest BCUT2D eigenvalue weighted by molar-refractivity contribution is 5.78. The van der Waals surface area contributed by atoms with Gasteiger partial charge in [0.05, 0.1) is 18.6 Å². The second-order valence-corrected chi connectivity index (χ2v) is 4.21. The van der Waals surface area contributed by atoms with Gasteiger partial charge < -0.3 is 9.47 Å². The van der Waals surface area contributed by atoms with E-state index >= 15 is 0 Å². The molecular weight excluding hydrogens is 180 g/mol. The predicted octanol–water partition coefficient (Wildman–Crippen LogP) is 1.75. The van der Waals surface area contributed by atoms with Gasteiger partial charge in [0.25, 0.3) is 0 Å². The topological polar surface area (TPSA) is 35.5 Å². The Morgan fingerprint density at radius 3 is 2.93 bits per heavy atom. The van der Waals surface area contributed by atoms with Crippen molar-refractivity contribution in [2.75, 3.05) is 13.2 Å². The summed E-state index contributed by atoms with van der Waals surface area (Å²) in [5.74, 6) is -0.0313. The number of hydrogen-bond acceptors (Lipinski definition) is 3. The number of esters is 1. The molecule has 3 heteroatoms. The molecule has 3 atom stereocenters. The molecule has 0 bridgehead atoms. The van der Waals surface area contributed by atoms with Crippen LogP contribution in [0, 0.1) is 11.3 Å². The second kappa shape index (κ2) is 3.54. The van der Waals surface area contributed by atoms with Crippen molar-refractivity contribution < 1.29 is 14.3 Å². The highest BCUT2D eigenvalue weighted by Gasteiger charge is 2.69. The van der Waals surface area contributed by atoms with Crippen LogP contribution in [0.2, 0.25) is 0 Å². The van der Waals surface area contributed by atoms with E-state index < -0.39 is 0 Å². The number of fused-ring (bicyclic) bond motifs is 1. The van der Waals surface area contributed by atoms with E-state index in [-0.39, 0.29) is 23.4 Å². The van der Waals surface area contributed by atoms with Crippen molar-refractivity contribution in [3.05, 3.63) is 0 Å². The number of rotatable bonds is 3. The Labute approximate surface area is 84.8 Å². The lowest BCUT2D eigenvalue weighted by Gasteiger charge is -2.19. The summed E-state index contributed by atoms with van der Waals surface area (Å²) >= 11 is 0. The molecule has 1 aliphatic heterocycles. The number of carbonyl (C=O) groups is 1. The van der Waals surface area contributed by atoms with E-state index in [0.29, 0.717) is 6.61 Å². The Balaban J connectivity index is 2.04. The van der Waals surface area contributed by atoms with Crippen LogP contribution in [-0.2, 0) is 14.3 Å². The van der Waals surface area contributed by atoms with Crippen molar-refractivity contribution in [1.82, 2.24) is 0 Å². The first-order valence-corrected chi connectivity index (χ1v) is 5.54. The Hall–Kier alpha value is -0.570. The zero-order valence-corrected chi connectivity index (χ0v) is 8.91. The molecule has 0 aromatic carbocycles. The monoisotopic (exact) mass is 198 g/mol. The zero-order valence-electron chi connectivity index (χ0n) is 8.91. The molecule has 0 amide bonds. The normalized spacial score (nSPS) is 40.1. The largest absolute Gasteiger partial charge is 0.466 e. The molecular formula is C11H18O3. The molecule has 80 valence electrons. The van der Waals surface area contributed by atoms with Crippen molar-refractivity contribution in [1.29, 1.82) is 0 Å². The van der Waals surface area contributed by atoms with Crippen molar-refractivity contribution in [2.24, 2.45) is 11.3 Å². The lowest BCUT2D eigenvalue weighted by molar-refractivity contribution is -0.146. The summed E-state index contributed by atoms with van der Waals surface area (Å²) in [5, 5.41) is 0. The van der Waals surface area contributed by atoms with E-state index in [9.17, 15) is 4.79 Å². The van der Waals surface area contributed by atoms with Gasteiger partial charge in [-0.25, -0.2) is 0 Å². The molecule has 2 fully saturated rings. The van der Waals surface area contributed by atoms with Gasteiger partial charge in [-0.05, 0) is 26.2 Å². The molecule has 14 heavy (non-hydrogen) atoms. The van der Waals surface area contributed by atoms with Gasteiger partial charge in [0.15, 0.2) is 0 Å². The van der Waals surface area contributed by atoms with E-state index in [1.807, 2.05) is 6.92 Å². The maximum Gasteiger partial charge on any atom is 0.312 e. The molecule has 0 aromatic heterocycles. The standard InChI is InChI=1S/C11H18O3/c1-3-11-6-5-7-14-9(11)8(11)10(12)13-4-2/h8-9H,3-7H2,1-2H3/t8-,9+,11-/m0/s1. The highest BCUT2D eigenvalue weighted by atomic mass is 16.5. The molecule has 0 N–H and O–H groups in total. The second-order valence-electron chi connectivity index (χ2n) is 4.21. The van der Waals surface area contributed by atoms with Crippen molar-refractivity contribution in [3.63, 3.8) is 0 Å². The minimum Gasteiger partial charge on any atom is -0.466 e. The number of hydrogen-bond donors (Lipinski definition) is 0. The van der Waals surface area contributed by atoms with Gasteiger partial charge in [-0.1, -0.05) is 6.92 Å². The SMILES string of the molecule is CCOC(=O)[C@@H]1[C@H]2OCCC[C@]21CC. The predicted molar refractivity (Wildman–Crippen MR) is 51.8 cm³/mol. The lowest BCUT2D eigenvalue weighted by atomic mass is 9.93. The van der Waals surface area contributed by atoms with Crippen LogP contribution < -0.4 is 0 Å². The maximum atomic E-state index is 11.6. The molecule has 0 radical (unpaired) electrons. The minimum absolute atomic E-state index is 0.0231. The van der Waals surface area contributed by atoms with Crippen LogP contribution in [0.25, 0.3) is 0 Å². The van der Waals surface area contributed by atoms with Crippen LogP contribution >= 0.6 is 0 Å². The van der Waals surface area contributed by atoms with Crippen LogP contribution in [-0.4, -0.2) is 25.3 Å². The molecule has 1 saturated heterocycles. The average molecular weight is 198 g/mol. The first kappa shape index (κ1) is 9.97. The Morgan fingerprint density at radius 1 is 1.57 bits per heavy atom. The molecule has 1 saturated carbocycles. The third kappa shape index (κ3) is 1.26. The summed E-state index contributed by atoms with van der Waals surface area (Å²) in [6.07, 6.45) is 3.39. The van der Waals surface area contributed by atoms with Gasteiger partial charge >= 0.3 is 5.97 Å². The molecule has 1 aliphatic carbocycles. The number of carbonyl (C=O) groups excluding carboxylic acids is 1. The van der Waals surface area contributed by atoms with Crippen LogP contribution in [0.5, 0.6) is 0 Å². The Bertz CT molecular complexity index is 239. The first-order valence-electron chi connectivity index (χ1n) is 5.54. The quantitative estimate of drug-likeness (QED) is 0.648. The van der Waals surface area contributed by atoms with E-state index in [1.165, 1.54) is 0 Å². The van der Waals surface area contributed by atoms with Gasteiger partial charge in [-0.3, -0.25) is 4.79 Å². The third-order valence-electron chi connectivity index (χ3n) is 3.66. The van der Waals surface area contributed by atoms with E-state index in [2.05, 4.69) is 6.92 Å². The molecule has 2 aliphatic rings. The molecule has 1 heterocycles. The molecule has 0 spiro atoms. The smallest absolute Gasteiger partial charge is 0.312 e. The molecule has 3 nitrogen and oxygen atoms in total. The van der Waals surface area contributed by atoms with Gasteiger partial charge in [0, 0.05) is 12.0 Å². The van der Waals surface area contributed by atoms with E-state index in [0.717, 1.165) is 25.9 Å². The van der Waals surface area contributed by atoms with Crippen molar-refractivity contribution >= 4 is 5.97 Å². The van der Waals surface area contributed by atoms with E-state index in [4.69, 9.17) is 9.47 Å². The molecule has 0 unspecified atom stereocenters. The number of ether oxygens (including phenoxy) is 2. The van der Waals surface area contributed by atoms with Gasteiger partial charge in [-0.15, -0.1) is 0 Å². The fourth-order valence-electron chi connectivity index (χ4n) is 2.81. The van der Waals surface area contributed by atoms with Crippen LogP contribution in [0.3, 0.4) is 0 Å². The molecule has 2 rings (SSSR count). The summed E-state index contributed by atoms with van der Waals surface area (Å²) in [5.41, 5.74) is 0.129. The lowest BCUT2D eigenvalue weighted by Crippen LogP contribution is -2.16. The fourth-order valence-corrected chi connectivity index (χ4v) is 2.81. The third-order valence-corrected chi connectivity index (χ3v) is 3.66. The fraction of sp³-hybridized carbons (Fsp3) is 0.909. The van der Waals surface area contributed by atoms with E-state index in [1.54, 1.807) is 0 Å². The van der Waals surface area contributed by atoms with Crippen molar-refractivity contribution in [3.8, 4) is 0 Å². The average Bonchev–Trinajstić information content (AvgIpc) is 2.87.